The fourth-order valence-corrected chi connectivity index (χ4v) is 4.22. The predicted molar refractivity (Wildman–Crippen MR) is 141 cm³/mol. The first-order chi connectivity index (χ1) is 17.8. The van der Waals surface area contributed by atoms with Crippen molar-refractivity contribution in [2.75, 3.05) is 49.9 Å². The lowest BCUT2D eigenvalue weighted by Crippen LogP contribution is -2.49. The first-order valence-electron chi connectivity index (χ1n) is 12.6. The standard InChI is InChI=1S/C26H35N7O4/c1-4-32(5-2)25(36)20-12-9-15-33(17-20)26(37)24(35)31-22-16-21(28-14-13-27-18(3)34)29-23(30-22)19-10-7-6-8-11-19/h6-8,10-11,16,20H,4-5,9,12-15,17H2,1-3H3,(H,27,34)(H2,28,29,30,31,35). The molecule has 1 unspecified atom stereocenters. The van der Waals surface area contributed by atoms with E-state index in [-0.39, 0.29) is 30.1 Å². The first-order valence-corrected chi connectivity index (χ1v) is 12.6. The molecule has 198 valence electrons. The molecule has 0 spiro atoms. The molecule has 37 heavy (non-hydrogen) atoms. The fraction of sp³-hybridized carbons (Fsp3) is 0.462. The van der Waals surface area contributed by atoms with E-state index in [0.29, 0.717) is 57.2 Å². The summed E-state index contributed by atoms with van der Waals surface area (Å²) in [5.41, 5.74) is 0.739. The van der Waals surface area contributed by atoms with E-state index in [1.807, 2.05) is 44.2 Å². The SMILES string of the molecule is CCN(CC)C(=O)C1CCCN(C(=O)C(=O)Nc2cc(NCCNC(C)=O)nc(-c3ccccc3)n2)C1. The smallest absolute Gasteiger partial charge is 0.315 e. The molecule has 11 heteroatoms. The number of nitrogens with one attached hydrogen (secondary N) is 3. The van der Waals surface area contributed by atoms with Crippen LogP contribution >= 0.6 is 0 Å². The molecule has 0 bridgehead atoms. The van der Waals surface area contributed by atoms with E-state index < -0.39 is 11.8 Å². The van der Waals surface area contributed by atoms with Crippen molar-refractivity contribution in [2.24, 2.45) is 5.92 Å². The number of carbonyl (C=O) groups excluding carboxylic acids is 4. The highest BCUT2D eigenvalue weighted by molar-refractivity contribution is 6.39. The zero-order chi connectivity index (χ0) is 26.8. The van der Waals surface area contributed by atoms with Crippen LogP contribution in [-0.4, -0.2) is 82.7 Å². The number of amides is 4. The predicted octanol–water partition coefficient (Wildman–Crippen LogP) is 1.74. The Morgan fingerprint density at radius 2 is 1.73 bits per heavy atom. The van der Waals surface area contributed by atoms with Crippen molar-refractivity contribution >= 4 is 35.3 Å². The Kier molecular flexibility index (Phi) is 9.93. The molecule has 1 aromatic heterocycles. The summed E-state index contributed by atoms with van der Waals surface area (Å²) in [7, 11) is 0. The third-order valence-electron chi connectivity index (χ3n) is 6.13. The van der Waals surface area contributed by atoms with Crippen molar-refractivity contribution < 1.29 is 19.2 Å². The van der Waals surface area contributed by atoms with Gasteiger partial charge in [0.1, 0.15) is 11.6 Å². The molecule has 2 heterocycles. The summed E-state index contributed by atoms with van der Waals surface area (Å²) in [5, 5.41) is 8.40. The van der Waals surface area contributed by atoms with Gasteiger partial charge in [0.15, 0.2) is 5.82 Å². The van der Waals surface area contributed by atoms with Crippen LogP contribution in [0.5, 0.6) is 0 Å². The third-order valence-corrected chi connectivity index (χ3v) is 6.13. The molecule has 1 atom stereocenters. The lowest BCUT2D eigenvalue weighted by molar-refractivity contribution is -0.147. The number of anilines is 2. The minimum atomic E-state index is -0.821. The van der Waals surface area contributed by atoms with Crippen LogP contribution in [0.15, 0.2) is 36.4 Å². The largest absolute Gasteiger partial charge is 0.368 e. The zero-order valence-electron chi connectivity index (χ0n) is 21.6. The van der Waals surface area contributed by atoms with Crippen LogP contribution < -0.4 is 16.0 Å². The number of likely N-dealkylation sites (tertiary alicyclic amines) is 1. The maximum Gasteiger partial charge on any atom is 0.315 e. The van der Waals surface area contributed by atoms with E-state index in [1.54, 1.807) is 4.90 Å². The molecule has 1 aliphatic rings. The van der Waals surface area contributed by atoms with Gasteiger partial charge in [-0.25, -0.2) is 9.97 Å². The minimum Gasteiger partial charge on any atom is -0.368 e. The highest BCUT2D eigenvalue weighted by Gasteiger charge is 2.33. The van der Waals surface area contributed by atoms with Crippen molar-refractivity contribution in [3.8, 4) is 11.4 Å². The molecule has 4 amide bonds. The van der Waals surface area contributed by atoms with Gasteiger partial charge in [-0.2, -0.15) is 0 Å². The molecule has 3 N–H and O–H groups in total. The van der Waals surface area contributed by atoms with Crippen molar-refractivity contribution in [3.63, 3.8) is 0 Å². The van der Waals surface area contributed by atoms with E-state index in [4.69, 9.17) is 0 Å². The molecule has 0 radical (unpaired) electrons. The second-order valence-corrected chi connectivity index (χ2v) is 8.79. The average molecular weight is 510 g/mol. The van der Waals surface area contributed by atoms with Gasteiger partial charge in [-0.1, -0.05) is 30.3 Å². The van der Waals surface area contributed by atoms with Crippen molar-refractivity contribution in [2.45, 2.75) is 33.6 Å². The number of rotatable bonds is 9. The van der Waals surface area contributed by atoms with E-state index in [1.165, 1.54) is 17.9 Å². The van der Waals surface area contributed by atoms with Gasteiger partial charge in [0.2, 0.25) is 11.8 Å². The molecular weight excluding hydrogens is 474 g/mol. The second kappa shape index (κ2) is 13.3. The van der Waals surface area contributed by atoms with Gasteiger partial charge in [-0.15, -0.1) is 0 Å². The monoisotopic (exact) mass is 509 g/mol. The maximum atomic E-state index is 13.0. The topological polar surface area (TPSA) is 137 Å². The number of piperidine rings is 1. The number of hydrogen-bond donors (Lipinski definition) is 3. The quantitative estimate of drug-likeness (QED) is 0.346. The van der Waals surface area contributed by atoms with Crippen molar-refractivity contribution in [1.82, 2.24) is 25.1 Å². The van der Waals surface area contributed by atoms with Crippen LogP contribution in [0, 0.1) is 5.92 Å². The zero-order valence-corrected chi connectivity index (χ0v) is 21.6. The first kappa shape index (κ1) is 27.6. The minimum absolute atomic E-state index is 0.0150. The highest BCUT2D eigenvalue weighted by atomic mass is 16.2. The average Bonchev–Trinajstić information content (AvgIpc) is 2.91. The lowest BCUT2D eigenvalue weighted by Gasteiger charge is -2.34. The molecule has 0 aliphatic carbocycles. The van der Waals surface area contributed by atoms with Gasteiger partial charge in [-0.3, -0.25) is 19.2 Å². The molecule has 1 fully saturated rings. The van der Waals surface area contributed by atoms with Crippen LogP contribution in [-0.2, 0) is 19.2 Å². The summed E-state index contributed by atoms with van der Waals surface area (Å²) in [6, 6.07) is 10.8. The summed E-state index contributed by atoms with van der Waals surface area (Å²) in [6.07, 6.45) is 1.35. The molecule has 1 aliphatic heterocycles. The van der Waals surface area contributed by atoms with Crippen LogP contribution in [0.2, 0.25) is 0 Å². The third kappa shape index (κ3) is 7.73. The molecule has 3 rings (SSSR count). The van der Waals surface area contributed by atoms with Crippen LogP contribution in [0.4, 0.5) is 11.6 Å². The van der Waals surface area contributed by atoms with E-state index in [0.717, 1.165) is 5.56 Å². The molecule has 2 aromatic rings. The summed E-state index contributed by atoms with van der Waals surface area (Å²) >= 11 is 0. The van der Waals surface area contributed by atoms with Gasteiger partial charge < -0.3 is 25.8 Å². The fourth-order valence-electron chi connectivity index (χ4n) is 4.22. The number of nitrogens with zero attached hydrogens (tertiary/aromatic N) is 4. The van der Waals surface area contributed by atoms with E-state index >= 15 is 0 Å². The molecule has 11 nitrogen and oxygen atoms in total. The molecular formula is C26H35N7O4. The summed E-state index contributed by atoms with van der Waals surface area (Å²) in [5.74, 6) is -0.980. The maximum absolute atomic E-state index is 13.0. The van der Waals surface area contributed by atoms with Crippen LogP contribution in [0.1, 0.15) is 33.6 Å². The Hall–Kier alpha value is -4.02. The second-order valence-electron chi connectivity index (χ2n) is 8.79. The van der Waals surface area contributed by atoms with Gasteiger partial charge in [-0.05, 0) is 26.7 Å². The van der Waals surface area contributed by atoms with Gasteiger partial charge >= 0.3 is 11.8 Å². The highest BCUT2D eigenvalue weighted by Crippen LogP contribution is 2.22. The van der Waals surface area contributed by atoms with E-state index in [2.05, 4.69) is 25.9 Å². The molecule has 1 aromatic carbocycles. The number of carbonyl (C=O) groups is 4. The Morgan fingerprint density at radius 1 is 1.03 bits per heavy atom. The van der Waals surface area contributed by atoms with Crippen LogP contribution in [0.3, 0.4) is 0 Å². The summed E-state index contributed by atoms with van der Waals surface area (Å²) in [4.78, 5) is 61.9. The Morgan fingerprint density at radius 3 is 2.41 bits per heavy atom. The normalized spacial score (nSPS) is 15.0. The summed E-state index contributed by atoms with van der Waals surface area (Å²) < 4.78 is 0. The number of hydrogen-bond acceptors (Lipinski definition) is 7. The lowest BCUT2D eigenvalue weighted by atomic mass is 9.96. The Balaban J connectivity index is 1.72. The Labute approximate surface area is 217 Å². The van der Waals surface area contributed by atoms with Gasteiger partial charge in [0, 0.05) is 57.8 Å². The summed E-state index contributed by atoms with van der Waals surface area (Å²) in [6.45, 7) is 7.95. The van der Waals surface area contributed by atoms with Crippen molar-refractivity contribution in [3.05, 3.63) is 36.4 Å². The number of aromatic nitrogens is 2. The van der Waals surface area contributed by atoms with Crippen molar-refractivity contribution in [1.29, 1.82) is 0 Å². The Bertz CT molecular complexity index is 1110. The molecule has 1 saturated heterocycles. The van der Waals surface area contributed by atoms with Crippen LogP contribution in [0.25, 0.3) is 11.4 Å². The van der Waals surface area contributed by atoms with Gasteiger partial charge in [0.25, 0.3) is 0 Å². The number of benzene rings is 1. The van der Waals surface area contributed by atoms with Gasteiger partial charge in [0.05, 0.1) is 5.92 Å². The van der Waals surface area contributed by atoms with E-state index in [9.17, 15) is 19.2 Å². The molecule has 0 saturated carbocycles.